The number of halogens is 3. The van der Waals surface area contributed by atoms with Crippen LogP contribution in [0.25, 0.3) is 0 Å². The van der Waals surface area contributed by atoms with Gasteiger partial charge in [0.1, 0.15) is 11.4 Å². The first kappa shape index (κ1) is 15.7. The number of sulfonamides is 1. The summed E-state index contributed by atoms with van der Waals surface area (Å²) in [5.41, 5.74) is 5.31. The highest BCUT2D eigenvalue weighted by atomic mass is 32.2. The summed E-state index contributed by atoms with van der Waals surface area (Å²) < 4.78 is 61.3. The highest BCUT2D eigenvalue weighted by Crippen LogP contribution is 2.25. The van der Waals surface area contributed by atoms with Crippen molar-refractivity contribution in [3.05, 3.63) is 24.3 Å². The molecule has 3 N–H and O–H groups in total. The lowest BCUT2D eigenvalue weighted by molar-refractivity contribution is -0.136. The van der Waals surface area contributed by atoms with Gasteiger partial charge in [-0.3, -0.25) is 0 Å². The summed E-state index contributed by atoms with van der Waals surface area (Å²) in [7, 11) is -4.40. The average Bonchev–Trinajstić information content (AvgIpc) is 2.27. The number of aliphatic hydroxyl groups excluding tert-OH is 1. The number of hydrogen-bond donors (Lipinski definition) is 2. The second-order valence-corrected chi connectivity index (χ2v) is 5.62. The molecule has 1 aromatic carbocycles. The number of nitrogen functional groups attached to an aromatic ring is 1. The molecule has 0 atom stereocenters. The van der Waals surface area contributed by atoms with Gasteiger partial charge >= 0.3 is 6.18 Å². The van der Waals surface area contributed by atoms with Crippen molar-refractivity contribution in [3.63, 3.8) is 0 Å². The predicted octanol–water partition coefficient (Wildman–Crippen LogP) is 0.814. The Labute approximate surface area is 108 Å². The molecular formula is C10H13F3N2O3S. The van der Waals surface area contributed by atoms with Gasteiger partial charge < -0.3 is 10.8 Å². The van der Waals surface area contributed by atoms with Crippen molar-refractivity contribution >= 4 is 15.7 Å². The number of hydrogen-bond acceptors (Lipinski definition) is 4. The molecule has 0 saturated heterocycles. The monoisotopic (exact) mass is 298 g/mol. The van der Waals surface area contributed by atoms with E-state index >= 15 is 0 Å². The third-order valence-electron chi connectivity index (χ3n) is 2.24. The van der Waals surface area contributed by atoms with Crippen LogP contribution < -0.4 is 5.73 Å². The maximum Gasteiger partial charge on any atom is 0.402 e. The second kappa shape index (κ2) is 5.76. The lowest BCUT2D eigenvalue weighted by Gasteiger charge is -2.23. The van der Waals surface area contributed by atoms with Gasteiger partial charge in [0.2, 0.25) is 10.0 Å². The molecule has 19 heavy (non-hydrogen) atoms. The fourth-order valence-electron chi connectivity index (χ4n) is 1.45. The molecule has 1 rings (SSSR count). The van der Waals surface area contributed by atoms with Crippen molar-refractivity contribution in [2.45, 2.75) is 11.1 Å². The van der Waals surface area contributed by atoms with Crippen molar-refractivity contribution in [3.8, 4) is 0 Å². The molecule has 0 heterocycles. The van der Waals surface area contributed by atoms with Gasteiger partial charge in [-0.1, -0.05) is 12.1 Å². The van der Waals surface area contributed by atoms with Crippen molar-refractivity contribution in [1.29, 1.82) is 0 Å². The maximum absolute atomic E-state index is 12.4. The van der Waals surface area contributed by atoms with Gasteiger partial charge in [0.15, 0.2) is 0 Å². The molecule has 9 heteroatoms. The van der Waals surface area contributed by atoms with Crippen LogP contribution in [0, 0.1) is 0 Å². The van der Waals surface area contributed by atoms with Crippen LogP contribution in [0.1, 0.15) is 0 Å². The summed E-state index contributed by atoms with van der Waals surface area (Å²) in [6.45, 7) is -3.05. The highest BCUT2D eigenvalue weighted by Gasteiger charge is 2.37. The average molecular weight is 298 g/mol. The Balaban J connectivity index is 3.17. The van der Waals surface area contributed by atoms with Crippen LogP contribution in [0.3, 0.4) is 0 Å². The van der Waals surface area contributed by atoms with Crippen LogP contribution in [0.2, 0.25) is 0 Å². The summed E-state index contributed by atoms with van der Waals surface area (Å²) in [6.07, 6.45) is -4.70. The van der Waals surface area contributed by atoms with Crippen LogP contribution in [-0.2, 0) is 10.0 Å². The van der Waals surface area contributed by atoms with E-state index in [1.54, 1.807) is 0 Å². The first-order valence-corrected chi connectivity index (χ1v) is 6.65. The molecule has 1 aromatic rings. The Bertz CT molecular complexity index is 531. The van der Waals surface area contributed by atoms with E-state index < -0.39 is 40.8 Å². The standard InChI is InChI=1S/C10H13F3N2O3S/c11-10(12,13)7-15(5-6-16)19(17,18)9-4-2-1-3-8(9)14/h1-4,16H,5-7,14H2. The molecule has 0 unspecified atom stereocenters. The Morgan fingerprint density at radius 3 is 2.32 bits per heavy atom. The van der Waals surface area contributed by atoms with Gasteiger partial charge in [-0.2, -0.15) is 17.5 Å². The molecule has 108 valence electrons. The van der Waals surface area contributed by atoms with E-state index in [2.05, 4.69) is 0 Å². The summed E-state index contributed by atoms with van der Waals surface area (Å²) in [6, 6.07) is 5.21. The molecule has 0 saturated carbocycles. The number of alkyl halides is 3. The van der Waals surface area contributed by atoms with E-state index in [0.717, 1.165) is 6.07 Å². The van der Waals surface area contributed by atoms with Crippen molar-refractivity contribution in [2.75, 3.05) is 25.4 Å². The zero-order valence-electron chi connectivity index (χ0n) is 9.76. The van der Waals surface area contributed by atoms with Crippen LogP contribution in [0.4, 0.5) is 18.9 Å². The summed E-state index contributed by atoms with van der Waals surface area (Å²) in [5.74, 6) is 0. The van der Waals surface area contributed by atoms with Gasteiger partial charge in [0.25, 0.3) is 0 Å². The van der Waals surface area contributed by atoms with E-state index in [1.807, 2.05) is 0 Å². The molecule has 0 aliphatic carbocycles. The topological polar surface area (TPSA) is 83.6 Å². The molecular weight excluding hydrogens is 285 g/mol. The van der Waals surface area contributed by atoms with E-state index in [4.69, 9.17) is 10.8 Å². The van der Waals surface area contributed by atoms with Crippen LogP contribution in [0.15, 0.2) is 29.2 Å². The lowest BCUT2D eigenvalue weighted by atomic mass is 10.3. The number of nitrogens with two attached hydrogens (primary N) is 1. The minimum Gasteiger partial charge on any atom is -0.398 e. The van der Waals surface area contributed by atoms with Crippen LogP contribution >= 0.6 is 0 Å². The minimum atomic E-state index is -4.70. The zero-order valence-corrected chi connectivity index (χ0v) is 10.6. The SMILES string of the molecule is Nc1ccccc1S(=O)(=O)N(CCO)CC(F)(F)F. The van der Waals surface area contributed by atoms with Crippen molar-refractivity contribution in [2.24, 2.45) is 0 Å². The van der Waals surface area contributed by atoms with Gasteiger partial charge in [0, 0.05) is 6.54 Å². The highest BCUT2D eigenvalue weighted by molar-refractivity contribution is 7.89. The normalized spacial score (nSPS) is 12.9. The second-order valence-electron chi connectivity index (χ2n) is 3.72. The number of anilines is 1. The maximum atomic E-state index is 12.4. The summed E-state index contributed by atoms with van der Waals surface area (Å²) in [5, 5.41) is 8.71. The number of benzene rings is 1. The fraction of sp³-hybridized carbons (Fsp3) is 0.400. The molecule has 0 fully saturated rings. The fourth-order valence-corrected chi connectivity index (χ4v) is 2.98. The predicted molar refractivity (Wildman–Crippen MR) is 62.8 cm³/mol. The molecule has 0 spiro atoms. The van der Waals surface area contributed by atoms with E-state index in [1.165, 1.54) is 18.2 Å². The zero-order chi connectivity index (χ0) is 14.7. The van der Waals surface area contributed by atoms with Crippen molar-refractivity contribution < 1.29 is 26.7 Å². The molecule has 0 aliphatic rings. The van der Waals surface area contributed by atoms with Crippen LogP contribution in [-0.4, -0.2) is 43.7 Å². The molecule has 5 nitrogen and oxygen atoms in total. The first-order valence-electron chi connectivity index (χ1n) is 5.21. The van der Waals surface area contributed by atoms with Gasteiger partial charge in [0.05, 0.1) is 12.3 Å². The molecule has 0 amide bonds. The largest absolute Gasteiger partial charge is 0.402 e. The Hall–Kier alpha value is -1.32. The molecule has 0 radical (unpaired) electrons. The molecule has 0 bridgehead atoms. The lowest BCUT2D eigenvalue weighted by Crippen LogP contribution is -2.40. The Morgan fingerprint density at radius 2 is 1.84 bits per heavy atom. The summed E-state index contributed by atoms with van der Waals surface area (Å²) in [4.78, 5) is -0.410. The Morgan fingerprint density at radius 1 is 1.26 bits per heavy atom. The number of nitrogens with zero attached hydrogens (tertiary/aromatic N) is 1. The third kappa shape index (κ3) is 4.08. The van der Waals surface area contributed by atoms with E-state index in [-0.39, 0.29) is 9.99 Å². The smallest absolute Gasteiger partial charge is 0.398 e. The third-order valence-corrected chi connectivity index (χ3v) is 4.16. The molecule has 0 aromatic heterocycles. The van der Waals surface area contributed by atoms with E-state index in [0.29, 0.717) is 0 Å². The van der Waals surface area contributed by atoms with E-state index in [9.17, 15) is 21.6 Å². The molecule has 0 aliphatic heterocycles. The van der Waals surface area contributed by atoms with Gasteiger partial charge in [-0.05, 0) is 12.1 Å². The number of rotatable bonds is 5. The number of aliphatic hydroxyl groups is 1. The summed E-state index contributed by atoms with van der Waals surface area (Å²) >= 11 is 0. The first-order chi connectivity index (χ1) is 8.68. The van der Waals surface area contributed by atoms with Crippen molar-refractivity contribution in [1.82, 2.24) is 4.31 Å². The Kier molecular flexibility index (Phi) is 4.77. The van der Waals surface area contributed by atoms with Gasteiger partial charge in [-0.15, -0.1) is 0 Å². The number of para-hydroxylation sites is 1. The quantitative estimate of drug-likeness (QED) is 0.788. The minimum absolute atomic E-state index is 0.146. The van der Waals surface area contributed by atoms with Crippen LogP contribution in [0.5, 0.6) is 0 Å². The van der Waals surface area contributed by atoms with Gasteiger partial charge in [-0.25, -0.2) is 8.42 Å².